The lowest BCUT2D eigenvalue weighted by Crippen LogP contribution is -2.33. The Morgan fingerprint density at radius 3 is 2.42 bits per heavy atom. The monoisotopic (exact) mass is 474 g/mol. The lowest BCUT2D eigenvalue weighted by molar-refractivity contribution is 0.0734. The molecular formula is C25H34N2O5S. The molecule has 8 heteroatoms. The first kappa shape index (κ1) is 25.1. The molecule has 0 radical (unpaired) electrons. The largest absolute Gasteiger partial charge is 0.497 e. The Hall–Kier alpha value is -2.58. The van der Waals surface area contributed by atoms with Gasteiger partial charge in [-0.2, -0.15) is 4.31 Å². The number of rotatable bonds is 10. The molecule has 7 nitrogen and oxygen atoms in total. The highest BCUT2D eigenvalue weighted by atomic mass is 32.2. The molecule has 2 aromatic carbocycles. The first-order valence-corrected chi connectivity index (χ1v) is 12.9. The van der Waals surface area contributed by atoms with Gasteiger partial charge in [-0.1, -0.05) is 19.9 Å². The summed E-state index contributed by atoms with van der Waals surface area (Å²) in [6, 6.07) is 11.9. The van der Waals surface area contributed by atoms with Gasteiger partial charge < -0.3 is 14.4 Å². The standard InChI is InChI=1S/C25H34N2O5S/c1-5-14-26(15-6-2)33(29,30)21-10-7-9-19(17-21)25(28)27-16-8-11-23(27)22-13-12-20(31-3)18-24(22)32-4/h7,9-10,12-13,17-18,23H,5-6,8,11,14-16H2,1-4H3. The van der Waals surface area contributed by atoms with Gasteiger partial charge in [0.2, 0.25) is 10.0 Å². The zero-order valence-corrected chi connectivity index (χ0v) is 20.7. The number of benzene rings is 2. The second kappa shape index (κ2) is 11.0. The van der Waals surface area contributed by atoms with Crippen molar-refractivity contribution >= 4 is 15.9 Å². The van der Waals surface area contributed by atoms with E-state index in [9.17, 15) is 13.2 Å². The second-order valence-corrected chi connectivity index (χ2v) is 10.1. The van der Waals surface area contributed by atoms with Crippen LogP contribution in [0.4, 0.5) is 0 Å². The molecule has 0 bridgehead atoms. The molecule has 1 aliphatic heterocycles. The van der Waals surface area contributed by atoms with Crippen LogP contribution in [0.2, 0.25) is 0 Å². The number of likely N-dealkylation sites (tertiary alicyclic amines) is 1. The molecule has 0 aromatic heterocycles. The number of hydrogen-bond donors (Lipinski definition) is 0. The first-order chi connectivity index (χ1) is 15.9. The van der Waals surface area contributed by atoms with Crippen LogP contribution in [0.25, 0.3) is 0 Å². The van der Waals surface area contributed by atoms with E-state index in [1.165, 1.54) is 10.4 Å². The van der Waals surface area contributed by atoms with E-state index in [2.05, 4.69) is 0 Å². The van der Waals surface area contributed by atoms with Crippen molar-refractivity contribution in [2.24, 2.45) is 0 Å². The van der Waals surface area contributed by atoms with E-state index in [1.54, 1.807) is 32.4 Å². The minimum absolute atomic E-state index is 0.143. The smallest absolute Gasteiger partial charge is 0.254 e. The highest BCUT2D eigenvalue weighted by Gasteiger charge is 2.33. The van der Waals surface area contributed by atoms with Crippen molar-refractivity contribution in [3.05, 3.63) is 53.6 Å². The van der Waals surface area contributed by atoms with Crippen LogP contribution in [-0.2, 0) is 10.0 Å². The van der Waals surface area contributed by atoms with Crippen LogP contribution in [0.3, 0.4) is 0 Å². The van der Waals surface area contributed by atoms with Gasteiger partial charge in [-0.3, -0.25) is 4.79 Å². The maximum atomic E-state index is 13.5. The fraction of sp³-hybridized carbons (Fsp3) is 0.480. The topological polar surface area (TPSA) is 76.2 Å². The number of sulfonamides is 1. The molecule has 3 rings (SSSR count). The van der Waals surface area contributed by atoms with Crippen LogP contribution in [0, 0.1) is 0 Å². The van der Waals surface area contributed by atoms with Crippen molar-refractivity contribution in [2.45, 2.75) is 50.5 Å². The summed E-state index contributed by atoms with van der Waals surface area (Å²) >= 11 is 0. The van der Waals surface area contributed by atoms with Crippen molar-refractivity contribution in [2.75, 3.05) is 33.9 Å². The molecular weight excluding hydrogens is 440 g/mol. The summed E-state index contributed by atoms with van der Waals surface area (Å²) in [7, 11) is -0.457. The van der Waals surface area contributed by atoms with Gasteiger partial charge in [0, 0.05) is 36.8 Å². The van der Waals surface area contributed by atoms with Crippen molar-refractivity contribution in [3.8, 4) is 11.5 Å². The van der Waals surface area contributed by atoms with E-state index in [4.69, 9.17) is 9.47 Å². The van der Waals surface area contributed by atoms with Crippen LogP contribution < -0.4 is 9.47 Å². The molecule has 1 saturated heterocycles. The summed E-state index contributed by atoms with van der Waals surface area (Å²) in [6.07, 6.45) is 3.14. The third kappa shape index (κ3) is 5.33. The number of hydrogen-bond acceptors (Lipinski definition) is 5. The number of amides is 1. The Balaban J connectivity index is 1.91. The van der Waals surface area contributed by atoms with Crippen LogP contribution in [0.1, 0.15) is 61.5 Å². The quantitative estimate of drug-likeness (QED) is 0.507. The van der Waals surface area contributed by atoms with Gasteiger partial charge in [-0.05, 0) is 56.0 Å². The van der Waals surface area contributed by atoms with Crippen LogP contribution >= 0.6 is 0 Å². The van der Waals surface area contributed by atoms with Gasteiger partial charge in [0.25, 0.3) is 5.91 Å². The first-order valence-electron chi connectivity index (χ1n) is 11.5. The minimum Gasteiger partial charge on any atom is -0.497 e. The maximum Gasteiger partial charge on any atom is 0.254 e. The third-order valence-electron chi connectivity index (χ3n) is 5.98. The number of nitrogens with zero attached hydrogens (tertiary/aromatic N) is 2. The van der Waals surface area contributed by atoms with E-state index in [0.717, 1.165) is 31.2 Å². The van der Waals surface area contributed by atoms with E-state index in [-0.39, 0.29) is 16.8 Å². The van der Waals surface area contributed by atoms with E-state index >= 15 is 0 Å². The highest BCUT2D eigenvalue weighted by molar-refractivity contribution is 7.89. The van der Waals surface area contributed by atoms with Crippen LogP contribution in [-0.4, -0.2) is 57.4 Å². The molecule has 1 amide bonds. The zero-order chi connectivity index (χ0) is 24.0. The summed E-state index contributed by atoms with van der Waals surface area (Å²) in [5.74, 6) is 1.18. The fourth-order valence-electron chi connectivity index (χ4n) is 4.38. The number of ether oxygens (including phenoxy) is 2. The summed E-state index contributed by atoms with van der Waals surface area (Å²) < 4.78 is 38.8. The SMILES string of the molecule is CCCN(CCC)S(=O)(=O)c1cccc(C(=O)N2CCCC2c2ccc(OC)cc2OC)c1. The van der Waals surface area contributed by atoms with Gasteiger partial charge in [-0.25, -0.2) is 8.42 Å². The van der Waals surface area contributed by atoms with Crippen molar-refractivity contribution in [3.63, 3.8) is 0 Å². The van der Waals surface area contributed by atoms with Gasteiger partial charge >= 0.3 is 0 Å². The molecule has 1 unspecified atom stereocenters. The molecule has 1 fully saturated rings. The number of carbonyl (C=O) groups is 1. The molecule has 2 aromatic rings. The minimum atomic E-state index is -3.66. The lowest BCUT2D eigenvalue weighted by Gasteiger charge is -2.27. The molecule has 1 aliphatic rings. The van der Waals surface area contributed by atoms with E-state index < -0.39 is 10.0 Å². The molecule has 0 saturated carbocycles. The van der Waals surface area contributed by atoms with Crippen LogP contribution in [0.5, 0.6) is 11.5 Å². The molecule has 0 aliphatic carbocycles. The van der Waals surface area contributed by atoms with Crippen LogP contribution in [0.15, 0.2) is 47.4 Å². The van der Waals surface area contributed by atoms with Gasteiger partial charge in [0.15, 0.2) is 0 Å². The fourth-order valence-corrected chi connectivity index (χ4v) is 6.05. The number of carbonyl (C=O) groups excluding carboxylic acids is 1. The van der Waals surface area contributed by atoms with Crippen molar-refractivity contribution in [1.29, 1.82) is 0 Å². The molecule has 1 atom stereocenters. The number of methoxy groups -OCH3 is 2. The third-order valence-corrected chi connectivity index (χ3v) is 7.87. The Kier molecular flexibility index (Phi) is 8.37. The highest BCUT2D eigenvalue weighted by Crippen LogP contribution is 2.39. The summed E-state index contributed by atoms with van der Waals surface area (Å²) in [4.78, 5) is 15.5. The van der Waals surface area contributed by atoms with E-state index in [1.807, 2.05) is 36.9 Å². The Labute approximate surface area is 197 Å². The normalized spacial score (nSPS) is 16.3. The Morgan fingerprint density at radius 1 is 1.06 bits per heavy atom. The molecule has 1 heterocycles. The van der Waals surface area contributed by atoms with Crippen molar-refractivity contribution < 1.29 is 22.7 Å². The van der Waals surface area contributed by atoms with Gasteiger partial charge in [-0.15, -0.1) is 0 Å². The predicted molar refractivity (Wildman–Crippen MR) is 128 cm³/mol. The van der Waals surface area contributed by atoms with Gasteiger partial charge in [0.05, 0.1) is 25.2 Å². The maximum absolute atomic E-state index is 13.5. The van der Waals surface area contributed by atoms with Crippen molar-refractivity contribution in [1.82, 2.24) is 9.21 Å². The lowest BCUT2D eigenvalue weighted by atomic mass is 10.0. The van der Waals surface area contributed by atoms with E-state index in [0.29, 0.717) is 36.7 Å². The Morgan fingerprint density at radius 2 is 1.79 bits per heavy atom. The predicted octanol–water partition coefficient (Wildman–Crippen LogP) is 4.49. The average molecular weight is 475 g/mol. The Bertz CT molecular complexity index is 1060. The summed E-state index contributed by atoms with van der Waals surface area (Å²) in [6.45, 7) is 5.44. The average Bonchev–Trinajstić information content (AvgIpc) is 3.32. The molecule has 180 valence electrons. The molecule has 0 spiro atoms. The molecule has 33 heavy (non-hydrogen) atoms. The second-order valence-electron chi connectivity index (χ2n) is 8.20. The summed E-state index contributed by atoms with van der Waals surface area (Å²) in [5, 5.41) is 0. The van der Waals surface area contributed by atoms with Gasteiger partial charge in [0.1, 0.15) is 11.5 Å². The zero-order valence-electron chi connectivity index (χ0n) is 19.9. The summed E-state index contributed by atoms with van der Waals surface area (Å²) in [5.41, 5.74) is 1.30. The molecule has 0 N–H and O–H groups in total.